The Labute approximate surface area is 178 Å². The molecule has 0 aliphatic rings. The minimum Gasteiger partial charge on any atom is -0.368 e. The summed E-state index contributed by atoms with van der Waals surface area (Å²) in [4.78, 5) is 8.51. The topological polar surface area (TPSA) is 81.7 Å². The molecule has 0 saturated heterocycles. The van der Waals surface area contributed by atoms with Crippen LogP contribution in [0.2, 0.25) is 0 Å². The summed E-state index contributed by atoms with van der Waals surface area (Å²) in [5.74, 6) is 0.894. The second-order valence-electron chi connectivity index (χ2n) is 7.49. The number of hydrogen-bond donors (Lipinski definition) is 2. The fourth-order valence-corrected chi connectivity index (χ4v) is 4.02. The van der Waals surface area contributed by atoms with Gasteiger partial charge in [0, 0.05) is 36.1 Å². The number of nitrogens with two attached hydrogens (primary N) is 1. The number of hydrogen-bond acceptors (Lipinski definition) is 6. The van der Waals surface area contributed by atoms with E-state index in [2.05, 4.69) is 39.7 Å². The third kappa shape index (κ3) is 4.23. The van der Waals surface area contributed by atoms with Crippen LogP contribution in [0.4, 0.5) is 16.0 Å². The normalized spacial score (nSPS) is 11.4. The van der Waals surface area contributed by atoms with Gasteiger partial charge in [0.25, 0.3) is 0 Å². The van der Waals surface area contributed by atoms with Crippen molar-refractivity contribution in [3.63, 3.8) is 0 Å². The van der Waals surface area contributed by atoms with Crippen molar-refractivity contribution in [1.29, 1.82) is 0 Å². The second kappa shape index (κ2) is 8.31. The summed E-state index contributed by atoms with van der Waals surface area (Å²) in [5.41, 5.74) is 10.9. The highest BCUT2D eigenvalue weighted by Crippen LogP contribution is 2.32. The van der Waals surface area contributed by atoms with Gasteiger partial charge in [0.2, 0.25) is 5.95 Å². The Morgan fingerprint density at radius 1 is 1.17 bits per heavy atom. The van der Waals surface area contributed by atoms with E-state index < -0.39 is 0 Å². The molecule has 0 saturated carbocycles. The number of aryl methyl sites for hydroxylation is 1. The highest BCUT2D eigenvalue weighted by atomic mass is 32.2. The maximum Gasteiger partial charge on any atom is 0.220 e. The van der Waals surface area contributed by atoms with Gasteiger partial charge in [-0.25, -0.2) is 14.4 Å². The van der Waals surface area contributed by atoms with Crippen molar-refractivity contribution in [3.8, 4) is 11.1 Å². The number of benzene rings is 2. The first-order chi connectivity index (χ1) is 14.4. The molecular weight excluding hydrogens is 399 g/mol. The molecule has 0 aliphatic carbocycles. The number of fused-ring (bicyclic) bond motifs is 1. The number of aromatic nitrogens is 4. The van der Waals surface area contributed by atoms with E-state index in [-0.39, 0.29) is 17.7 Å². The number of anilines is 2. The molecule has 2 aromatic carbocycles. The summed E-state index contributed by atoms with van der Waals surface area (Å²) in [7, 11) is 1.87. The van der Waals surface area contributed by atoms with Crippen LogP contribution >= 0.6 is 11.9 Å². The molecule has 8 heteroatoms. The summed E-state index contributed by atoms with van der Waals surface area (Å²) in [6.07, 6.45) is 5.46. The van der Waals surface area contributed by atoms with Crippen molar-refractivity contribution in [2.75, 3.05) is 10.5 Å². The van der Waals surface area contributed by atoms with Gasteiger partial charge < -0.3 is 10.5 Å². The van der Waals surface area contributed by atoms with Crippen LogP contribution in [0.25, 0.3) is 22.0 Å². The molecule has 6 nitrogen and oxygen atoms in total. The molecule has 30 heavy (non-hydrogen) atoms. The predicted octanol–water partition coefficient (Wildman–Crippen LogP) is 5.14. The average Bonchev–Trinajstić information content (AvgIpc) is 3.13. The Kier molecular flexibility index (Phi) is 5.59. The summed E-state index contributed by atoms with van der Waals surface area (Å²) < 4.78 is 19.6. The SMILES string of the molecule is CC(C)c1cc(-c2ccc(NSCc3cnn(C)c3)c(F)c2)cc2cnc(N)nc12. The summed E-state index contributed by atoms with van der Waals surface area (Å²) >= 11 is 1.43. The van der Waals surface area contributed by atoms with E-state index in [1.54, 1.807) is 29.2 Å². The molecule has 2 heterocycles. The van der Waals surface area contributed by atoms with E-state index in [4.69, 9.17) is 5.73 Å². The van der Waals surface area contributed by atoms with E-state index in [0.29, 0.717) is 11.4 Å². The van der Waals surface area contributed by atoms with Gasteiger partial charge in [0.15, 0.2) is 0 Å². The Hall–Kier alpha value is -3.13. The zero-order valence-electron chi connectivity index (χ0n) is 17.1. The van der Waals surface area contributed by atoms with Gasteiger partial charge >= 0.3 is 0 Å². The quantitative estimate of drug-likeness (QED) is 0.419. The zero-order valence-corrected chi connectivity index (χ0v) is 17.9. The fourth-order valence-electron chi connectivity index (χ4n) is 3.31. The van der Waals surface area contributed by atoms with Crippen LogP contribution in [-0.2, 0) is 12.8 Å². The highest BCUT2D eigenvalue weighted by molar-refractivity contribution is 7.99. The van der Waals surface area contributed by atoms with Crippen molar-refractivity contribution < 1.29 is 4.39 Å². The number of rotatable bonds is 6. The Morgan fingerprint density at radius 3 is 2.70 bits per heavy atom. The minimum absolute atomic E-state index is 0.247. The molecular formula is C22H23FN6S. The van der Waals surface area contributed by atoms with Gasteiger partial charge in [-0.1, -0.05) is 19.9 Å². The van der Waals surface area contributed by atoms with E-state index in [1.165, 1.54) is 11.9 Å². The lowest BCUT2D eigenvalue weighted by Gasteiger charge is -2.14. The lowest BCUT2D eigenvalue weighted by molar-refractivity contribution is 0.633. The van der Waals surface area contributed by atoms with Crippen molar-refractivity contribution in [2.24, 2.45) is 7.05 Å². The van der Waals surface area contributed by atoms with E-state index in [0.717, 1.165) is 33.2 Å². The number of halogens is 1. The van der Waals surface area contributed by atoms with Crippen molar-refractivity contribution in [2.45, 2.75) is 25.5 Å². The number of nitrogen functional groups attached to an aromatic ring is 1. The monoisotopic (exact) mass is 422 g/mol. The molecule has 0 aliphatic heterocycles. The first kappa shape index (κ1) is 20.2. The van der Waals surface area contributed by atoms with Crippen molar-refractivity contribution in [3.05, 3.63) is 65.9 Å². The molecule has 2 aromatic heterocycles. The third-order valence-corrected chi connectivity index (χ3v) is 5.68. The molecule has 0 spiro atoms. The van der Waals surface area contributed by atoms with Crippen LogP contribution in [0.15, 0.2) is 48.9 Å². The lowest BCUT2D eigenvalue weighted by Crippen LogP contribution is -1.99. The van der Waals surface area contributed by atoms with Gasteiger partial charge in [0.05, 0.1) is 17.4 Å². The second-order valence-corrected chi connectivity index (χ2v) is 8.28. The van der Waals surface area contributed by atoms with Gasteiger partial charge in [0.1, 0.15) is 5.82 Å². The van der Waals surface area contributed by atoms with Gasteiger partial charge in [-0.3, -0.25) is 4.68 Å². The van der Waals surface area contributed by atoms with E-state index >= 15 is 0 Å². The average molecular weight is 423 g/mol. The summed E-state index contributed by atoms with van der Waals surface area (Å²) in [6.45, 7) is 4.20. The maximum absolute atomic E-state index is 14.8. The number of nitrogens with zero attached hydrogens (tertiary/aromatic N) is 4. The van der Waals surface area contributed by atoms with Crippen LogP contribution in [0, 0.1) is 5.82 Å². The fraction of sp³-hybridized carbons (Fsp3) is 0.227. The smallest absolute Gasteiger partial charge is 0.220 e. The van der Waals surface area contributed by atoms with Crippen LogP contribution in [-0.4, -0.2) is 19.7 Å². The zero-order chi connectivity index (χ0) is 21.3. The first-order valence-corrected chi connectivity index (χ1v) is 10.6. The standard InChI is InChI=1S/C22H23FN6S/c1-13(2)18-7-16(6-17-10-25-22(24)27-21(17)18)15-4-5-20(19(23)8-15)28-30-12-14-9-26-29(3)11-14/h4-11,13,28H,12H2,1-3H3,(H2,24,25,27). The molecule has 0 radical (unpaired) electrons. The maximum atomic E-state index is 14.8. The van der Waals surface area contributed by atoms with Crippen LogP contribution in [0.1, 0.15) is 30.9 Å². The van der Waals surface area contributed by atoms with Crippen LogP contribution in [0.5, 0.6) is 0 Å². The molecule has 0 unspecified atom stereocenters. The number of nitrogens with one attached hydrogen (secondary N) is 1. The van der Waals surface area contributed by atoms with Crippen LogP contribution in [0.3, 0.4) is 0 Å². The third-order valence-electron chi connectivity index (χ3n) is 4.83. The molecule has 0 bridgehead atoms. The van der Waals surface area contributed by atoms with E-state index in [9.17, 15) is 4.39 Å². The Morgan fingerprint density at radius 2 is 2.00 bits per heavy atom. The lowest BCUT2D eigenvalue weighted by atomic mass is 9.94. The van der Waals surface area contributed by atoms with E-state index in [1.807, 2.05) is 25.4 Å². The minimum atomic E-state index is -0.300. The molecule has 4 aromatic rings. The summed E-state index contributed by atoms with van der Waals surface area (Å²) in [6, 6.07) is 9.26. The highest BCUT2D eigenvalue weighted by Gasteiger charge is 2.13. The molecule has 4 rings (SSSR count). The largest absolute Gasteiger partial charge is 0.368 e. The summed E-state index contributed by atoms with van der Waals surface area (Å²) in [5, 5.41) is 5.03. The van der Waals surface area contributed by atoms with Crippen molar-refractivity contribution in [1.82, 2.24) is 19.7 Å². The van der Waals surface area contributed by atoms with Crippen LogP contribution < -0.4 is 10.5 Å². The molecule has 0 fully saturated rings. The Bertz CT molecular complexity index is 1200. The molecule has 0 atom stereocenters. The van der Waals surface area contributed by atoms with Gasteiger partial charge in [-0.2, -0.15) is 5.10 Å². The molecule has 154 valence electrons. The first-order valence-electron chi connectivity index (χ1n) is 9.62. The van der Waals surface area contributed by atoms with Gasteiger partial charge in [-0.05, 0) is 58.8 Å². The van der Waals surface area contributed by atoms with Crippen molar-refractivity contribution >= 4 is 34.5 Å². The molecule has 0 amide bonds. The Balaban J connectivity index is 1.59. The van der Waals surface area contributed by atoms with Gasteiger partial charge in [-0.15, -0.1) is 0 Å². The molecule has 3 N–H and O–H groups in total. The predicted molar refractivity (Wildman–Crippen MR) is 122 cm³/mol.